The van der Waals surface area contributed by atoms with Crippen LogP contribution in [0, 0.1) is 0 Å². The average Bonchev–Trinajstić information content (AvgIpc) is 2.77. The van der Waals surface area contributed by atoms with E-state index in [0.29, 0.717) is 26.6 Å². The molecule has 1 aliphatic rings. The molecule has 0 aliphatic carbocycles. The van der Waals surface area contributed by atoms with Crippen molar-refractivity contribution in [2.24, 2.45) is 0 Å². The van der Waals surface area contributed by atoms with Crippen molar-refractivity contribution >= 4 is 41.6 Å². The Kier molecular flexibility index (Phi) is 4.76. The minimum Gasteiger partial charge on any atom is -0.399 e. The Labute approximate surface area is 158 Å². The Morgan fingerprint density at radius 1 is 0.920 bits per heavy atom. The maximum atomic E-state index is 12.7. The molecule has 1 aliphatic heterocycles. The van der Waals surface area contributed by atoms with Crippen LogP contribution in [0.4, 0.5) is 0 Å². The highest BCUT2D eigenvalue weighted by atomic mass is 35.5. The average molecular weight is 377 g/mol. The minimum absolute atomic E-state index is 0.128. The fraction of sp³-hybridized carbons (Fsp3) is 0.316. The van der Waals surface area contributed by atoms with Gasteiger partial charge in [-0.1, -0.05) is 53.5 Å². The van der Waals surface area contributed by atoms with Crippen molar-refractivity contribution in [3.05, 3.63) is 63.6 Å². The molecule has 0 saturated carbocycles. The molecule has 3 nitrogen and oxygen atoms in total. The Morgan fingerprint density at radius 2 is 1.48 bits per heavy atom. The van der Waals surface area contributed by atoms with E-state index in [9.17, 15) is 4.79 Å². The third-order valence-electron chi connectivity index (χ3n) is 4.86. The largest absolute Gasteiger partial charge is 0.496 e. The first-order valence-electron chi connectivity index (χ1n) is 8.07. The highest BCUT2D eigenvalue weighted by Crippen LogP contribution is 2.37. The van der Waals surface area contributed by atoms with E-state index in [1.165, 1.54) is 0 Å². The molecule has 3 rings (SSSR count). The van der Waals surface area contributed by atoms with Crippen LogP contribution in [0.25, 0.3) is 0 Å². The molecule has 0 aromatic heterocycles. The van der Waals surface area contributed by atoms with Crippen LogP contribution in [0.1, 0.15) is 43.6 Å². The first kappa shape index (κ1) is 18.5. The number of hydrogen-bond acceptors (Lipinski definition) is 3. The maximum absolute atomic E-state index is 12.7. The molecule has 2 aromatic rings. The summed E-state index contributed by atoms with van der Waals surface area (Å²) < 4.78 is 12.1. The summed E-state index contributed by atoms with van der Waals surface area (Å²) >= 11 is 12.7. The quantitative estimate of drug-likeness (QED) is 0.583. The van der Waals surface area contributed by atoms with Gasteiger partial charge in [-0.3, -0.25) is 4.79 Å². The SMILES string of the molecule is CC1(C)OB(c2cc(C(=O)c3ccccc3)cc(Cl)c2Cl)OC1(C)C. The Bertz CT molecular complexity index is 803. The third-order valence-corrected chi connectivity index (χ3v) is 5.68. The molecule has 25 heavy (non-hydrogen) atoms. The molecule has 0 unspecified atom stereocenters. The predicted octanol–water partition coefficient (Wildman–Crippen LogP) is 4.52. The standard InChI is InChI=1S/C19H19BCl2O3/c1-18(2)19(3,4)25-20(24-18)14-10-13(11-15(21)16(14)22)17(23)12-8-6-5-7-9-12/h5-11H,1-4H3. The lowest BCUT2D eigenvalue weighted by Crippen LogP contribution is -2.41. The summed E-state index contributed by atoms with van der Waals surface area (Å²) in [5.41, 5.74) is 0.581. The van der Waals surface area contributed by atoms with Crippen LogP contribution in [0.5, 0.6) is 0 Å². The number of carbonyl (C=O) groups excluding carboxylic acids is 1. The summed E-state index contributed by atoms with van der Waals surface area (Å²) in [5, 5.41) is 0.637. The maximum Gasteiger partial charge on any atom is 0.496 e. The molecule has 0 amide bonds. The van der Waals surface area contributed by atoms with Crippen molar-refractivity contribution in [1.82, 2.24) is 0 Å². The summed E-state index contributed by atoms with van der Waals surface area (Å²) in [6, 6.07) is 12.3. The van der Waals surface area contributed by atoms with Crippen LogP contribution in [0.3, 0.4) is 0 Å². The van der Waals surface area contributed by atoms with Gasteiger partial charge in [-0.05, 0) is 39.8 Å². The second-order valence-corrected chi connectivity index (χ2v) is 7.93. The van der Waals surface area contributed by atoms with Crippen LogP contribution in [-0.4, -0.2) is 24.1 Å². The van der Waals surface area contributed by atoms with Gasteiger partial charge in [-0.2, -0.15) is 0 Å². The van der Waals surface area contributed by atoms with E-state index in [1.54, 1.807) is 24.3 Å². The van der Waals surface area contributed by atoms with Gasteiger partial charge in [0.1, 0.15) is 0 Å². The van der Waals surface area contributed by atoms with E-state index in [2.05, 4.69) is 0 Å². The summed E-state index contributed by atoms with van der Waals surface area (Å²) in [6.07, 6.45) is 0. The van der Waals surface area contributed by atoms with Crippen LogP contribution in [-0.2, 0) is 9.31 Å². The molecule has 0 radical (unpaired) electrons. The van der Waals surface area contributed by atoms with Crippen LogP contribution in [0.15, 0.2) is 42.5 Å². The van der Waals surface area contributed by atoms with Gasteiger partial charge in [0.2, 0.25) is 0 Å². The molecule has 0 bridgehead atoms. The number of halogens is 2. The van der Waals surface area contributed by atoms with Crippen molar-refractivity contribution < 1.29 is 14.1 Å². The number of hydrogen-bond donors (Lipinski definition) is 0. The summed E-state index contributed by atoms with van der Waals surface area (Å²) in [4.78, 5) is 12.7. The second kappa shape index (κ2) is 6.44. The van der Waals surface area contributed by atoms with Crippen LogP contribution >= 0.6 is 23.2 Å². The number of carbonyl (C=O) groups is 1. The van der Waals surface area contributed by atoms with Gasteiger partial charge in [0.05, 0.1) is 21.2 Å². The number of rotatable bonds is 3. The van der Waals surface area contributed by atoms with E-state index in [-0.39, 0.29) is 5.78 Å². The third kappa shape index (κ3) is 3.36. The van der Waals surface area contributed by atoms with Crippen molar-refractivity contribution in [1.29, 1.82) is 0 Å². The zero-order valence-corrected chi connectivity index (χ0v) is 16.1. The summed E-state index contributed by atoms with van der Waals surface area (Å²) in [6.45, 7) is 7.84. The Hall–Kier alpha value is -1.33. The van der Waals surface area contributed by atoms with Crippen molar-refractivity contribution in [3.63, 3.8) is 0 Å². The van der Waals surface area contributed by atoms with Crippen molar-refractivity contribution in [2.45, 2.75) is 38.9 Å². The molecule has 1 fully saturated rings. The summed E-state index contributed by atoms with van der Waals surface area (Å²) in [5.74, 6) is -0.128. The number of benzene rings is 2. The van der Waals surface area contributed by atoms with Gasteiger partial charge in [-0.25, -0.2) is 0 Å². The smallest absolute Gasteiger partial charge is 0.399 e. The lowest BCUT2D eigenvalue weighted by molar-refractivity contribution is 0.00578. The molecular formula is C19H19BCl2O3. The predicted molar refractivity (Wildman–Crippen MR) is 102 cm³/mol. The van der Waals surface area contributed by atoms with Gasteiger partial charge < -0.3 is 9.31 Å². The van der Waals surface area contributed by atoms with Gasteiger partial charge in [0.25, 0.3) is 0 Å². The fourth-order valence-corrected chi connectivity index (χ4v) is 3.06. The van der Waals surface area contributed by atoms with Crippen molar-refractivity contribution in [2.75, 3.05) is 0 Å². The molecule has 2 aromatic carbocycles. The van der Waals surface area contributed by atoms with Gasteiger partial charge in [0.15, 0.2) is 5.78 Å². The normalized spacial score (nSPS) is 18.4. The van der Waals surface area contributed by atoms with E-state index < -0.39 is 18.3 Å². The molecular weight excluding hydrogens is 358 g/mol. The van der Waals surface area contributed by atoms with E-state index in [0.717, 1.165) is 0 Å². The zero-order chi connectivity index (χ0) is 18.4. The molecule has 0 N–H and O–H groups in total. The van der Waals surface area contributed by atoms with Crippen LogP contribution in [0.2, 0.25) is 10.0 Å². The molecule has 0 spiro atoms. The number of ketones is 1. The topological polar surface area (TPSA) is 35.5 Å². The van der Waals surface area contributed by atoms with Gasteiger partial charge >= 0.3 is 7.12 Å². The Balaban J connectivity index is 2.02. The van der Waals surface area contributed by atoms with Gasteiger partial charge in [0, 0.05) is 16.6 Å². The lowest BCUT2D eigenvalue weighted by atomic mass is 9.77. The first-order valence-corrected chi connectivity index (χ1v) is 8.82. The van der Waals surface area contributed by atoms with Gasteiger partial charge in [-0.15, -0.1) is 0 Å². The molecule has 6 heteroatoms. The monoisotopic (exact) mass is 376 g/mol. The Morgan fingerprint density at radius 3 is 2.04 bits per heavy atom. The van der Waals surface area contributed by atoms with E-state index >= 15 is 0 Å². The lowest BCUT2D eigenvalue weighted by Gasteiger charge is -2.32. The molecule has 1 saturated heterocycles. The van der Waals surface area contributed by atoms with E-state index in [1.807, 2.05) is 45.9 Å². The fourth-order valence-electron chi connectivity index (χ4n) is 2.64. The zero-order valence-electron chi connectivity index (χ0n) is 14.6. The highest BCUT2D eigenvalue weighted by Gasteiger charge is 2.52. The highest BCUT2D eigenvalue weighted by molar-refractivity contribution is 6.67. The van der Waals surface area contributed by atoms with E-state index in [4.69, 9.17) is 32.5 Å². The molecule has 0 atom stereocenters. The minimum atomic E-state index is -0.682. The molecule has 1 heterocycles. The second-order valence-electron chi connectivity index (χ2n) is 7.14. The first-order chi connectivity index (χ1) is 11.6. The summed E-state index contributed by atoms with van der Waals surface area (Å²) in [7, 11) is -0.682. The van der Waals surface area contributed by atoms with Crippen LogP contribution < -0.4 is 5.46 Å². The van der Waals surface area contributed by atoms with Crippen molar-refractivity contribution in [3.8, 4) is 0 Å². The molecule has 130 valence electrons.